The van der Waals surface area contributed by atoms with Gasteiger partial charge in [-0.1, -0.05) is 12.1 Å². The van der Waals surface area contributed by atoms with Crippen LogP contribution in [0.4, 0.5) is 0 Å². The number of piperidine rings is 1. The minimum atomic E-state index is -0.925. The van der Waals surface area contributed by atoms with E-state index in [1.807, 2.05) is 29.4 Å². The molecule has 1 fully saturated rings. The maximum Gasteiger partial charge on any atom is 0.335 e. The molecule has 5 nitrogen and oxygen atoms in total. The first-order valence-electron chi connectivity index (χ1n) is 8.28. The lowest BCUT2D eigenvalue weighted by atomic mass is 9.90. The molecule has 1 amide bonds. The second-order valence-electron chi connectivity index (χ2n) is 6.22. The molecule has 1 atom stereocenters. The predicted octanol–water partition coefficient (Wildman–Crippen LogP) is 3.86. The quantitative estimate of drug-likeness (QED) is 0.878. The number of carbonyl (C=O) groups is 2. The maximum absolute atomic E-state index is 12.7. The van der Waals surface area contributed by atoms with E-state index in [1.165, 1.54) is 0 Å². The molecule has 132 valence electrons. The van der Waals surface area contributed by atoms with E-state index in [9.17, 15) is 9.59 Å². The first kappa shape index (κ1) is 17.6. The normalized spacial score (nSPS) is 17.5. The molecule has 0 aliphatic carbocycles. The Hall–Kier alpha value is -2.21. The van der Waals surface area contributed by atoms with Gasteiger partial charge >= 0.3 is 5.97 Å². The third-order valence-corrected chi connectivity index (χ3v) is 5.07. The van der Waals surface area contributed by atoms with Crippen molar-refractivity contribution in [3.05, 3.63) is 59.0 Å². The summed E-state index contributed by atoms with van der Waals surface area (Å²) in [6.45, 7) is 1.35. The summed E-state index contributed by atoms with van der Waals surface area (Å²) in [5, 5.41) is 9.00. The molecular weight excluding hydrogens is 338 g/mol. The number of carboxylic acids is 1. The summed E-state index contributed by atoms with van der Waals surface area (Å²) >= 11 is 1.66. The van der Waals surface area contributed by atoms with Gasteiger partial charge in [-0.15, -0.1) is 0 Å². The summed E-state index contributed by atoms with van der Waals surface area (Å²) < 4.78 is 5.64. The van der Waals surface area contributed by atoms with E-state index >= 15 is 0 Å². The maximum atomic E-state index is 12.7. The van der Waals surface area contributed by atoms with Crippen molar-refractivity contribution >= 4 is 23.6 Å². The highest BCUT2D eigenvalue weighted by Gasteiger charge is 2.27. The van der Waals surface area contributed by atoms with Gasteiger partial charge in [0.25, 0.3) is 5.91 Å². The van der Waals surface area contributed by atoms with Crippen LogP contribution in [0.3, 0.4) is 0 Å². The van der Waals surface area contributed by atoms with Crippen LogP contribution >= 0.6 is 11.8 Å². The Balaban J connectivity index is 1.69. The molecule has 0 radical (unpaired) electrons. The molecule has 1 saturated heterocycles. The average Bonchev–Trinajstić information content (AvgIpc) is 3.10. The minimum absolute atomic E-state index is 0.0702. The highest BCUT2D eigenvalue weighted by Crippen LogP contribution is 2.28. The van der Waals surface area contributed by atoms with E-state index in [0.717, 1.165) is 36.5 Å². The zero-order valence-electron chi connectivity index (χ0n) is 14.1. The van der Waals surface area contributed by atoms with Crippen molar-refractivity contribution in [3.8, 4) is 0 Å². The molecule has 25 heavy (non-hydrogen) atoms. The largest absolute Gasteiger partial charge is 0.478 e. The van der Waals surface area contributed by atoms with Crippen molar-refractivity contribution in [1.29, 1.82) is 0 Å². The van der Waals surface area contributed by atoms with Crippen LogP contribution in [0.5, 0.6) is 0 Å². The zero-order chi connectivity index (χ0) is 17.8. The molecule has 0 saturated carbocycles. The van der Waals surface area contributed by atoms with E-state index < -0.39 is 5.97 Å². The molecule has 6 heteroatoms. The number of amides is 1. The third-order valence-electron chi connectivity index (χ3n) is 4.50. The van der Waals surface area contributed by atoms with Crippen LogP contribution in [0.2, 0.25) is 0 Å². The minimum Gasteiger partial charge on any atom is -0.478 e. The molecule has 0 unspecified atom stereocenters. The average molecular weight is 359 g/mol. The van der Waals surface area contributed by atoms with Gasteiger partial charge in [-0.05, 0) is 48.9 Å². The van der Waals surface area contributed by atoms with E-state index in [0.29, 0.717) is 12.3 Å². The van der Waals surface area contributed by atoms with Gasteiger partial charge in [-0.2, -0.15) is 11.8 Å². The number of furan rings is 1. The first-order chi connectivity index (χ1) is 12.1. The fraction of sp³-hybridized carbons (Fsp3) is 0.368. The lowest BCUT2D eigenvalue weighted by Gasteiger charge is -2.32. The highest BCUT2D eigenvalue weighted by molar-refractivity contribution is 7.97. The van der Waals surface area contributed by atoms with Crippen molar-refractivity contribution in [2.75, 3.05) is 19.3 Å². The lowest BCUT2D eigenvalue weighted by molar-refractivity contribution is 0.0672. The monoisotopic (exact) mass is 359 g/mol. The van der Waals surface area contributed by atoms with E-state index in [1.54, 1.807) is 30.0 Å². The number of nitrogens with zero attached hydrogens (tertiary/aromatic N) is 1. The van der Waals surface area contributed by atoms with E-state index in [-0.39, 0.29) is 17.4 Å². The number of carboxylic acid groups (broad SMARTS) is 1. The summed E-state index contributed by atoms with van der Waals surface area (Å²) in [4.78, 5) is 25.5. The number of aromatic carboxylic acids is 1. The second-order valence-corrected chi connectivity index (χ2v) is 7.08. The molecule has 1 aromatic carbocycles. The Morgan fingerprint density at radius 3 is 2.68 bits per heavy atom. The van der Waals surface area contributed by atoms with E-state index in [4.69, 9.17) is 9.52 Å². The zero-order valence-corrected chi connectivity index (χ0v) is 14.9. The summed E-state index contributed by atoms with van der Waals surface area (Å²) in [6, 6.07) is 10.6. The Bertz CT molecular complexity index is 753. The Morgan fingerprint density at radius 1 is 1.24 bits per heavy atom. The topological polar surface area (TPSA) is 70.8 Å². The van der Waals surface area contributed by atoms with Gasteiger partial charge in [0.05, 0.1) is 11.3 Å². The fourth-order valence-corrected chi connectivity index (χ4v) is 3.64. The number of rotatable bonds is 5. The Kier molecular flexibility index (Phi) is 5.48. The number of likely N-dealkylation sites (tertiary alicyclic amines) is 1. The molecular formula is C19H21NO4S. The molecule has 0 spiro atoms. The molecule has 1 aliphatic rings. The molecule has 1 aromatic heterocycles. The fourth-order valence-electron chi connectivity index (χ4n) is 3.20. The molecule has 2 heterocycles. The van der Waals surface area contributed by atoms with Crippen LogP contribution in [-0.4, -0.2) is 41.2 Å². The van der Waals surface area contributed by atoms with Crippen molar-refractivity contribution in [2.24, 2.45) is 0 Å². The van der Waals surface area contributed by atoms with Crippen LogP contribution in [-0.2, 0) is 5.75 Å². The summed E-state index contributed by atoms with van der Waals surface area (Å²) in [5.74, 6) is 1.19. The summed E-state index contributed by atoms with van der Waals surface area (Å²) in [7, 11) is 0. The van der Waals surface area contributed by atoms with Gasteiger partial charge in [-0.25, -0.2) is 4.79 Å². The predicted molar refractivity (Wildman–Crippen MR) is 97.2 cm³/mol. The van der Waals surface area contributed by atoms with Crippen LogP contribution < -0.4 is 0 Å². The van der Waals surface area contributed by atoms with Crippen molar-refractivity contribution in [3.63, 3.8) is 0 Å². The molecule has 2 aromatic rings. The second kappa shape index (κ2) is 7.78. The van der Waals surface area contributed by atoms with Crippen molar-refractivity contribution in [1.82, 2.24) is 4.90 Å². The Morgan fingerprint density at radius 2 is 2.00 bits per heavy atom. The van der Waals surface area contributed by atoms with E-state index in [2.05, 4.69) is 0 Å². The van der Waals surface area contributed by atoms with Crippen LogP contribution in [0.25, 0.3) is 0 Å². The molecule has 1 N–H and O–H groups in total. The summed E-state index contributed by atoms with van der Waals surface area (Å²) in [5.41, 5.74) is 1.36. The SMILES string of the molecule is CSCc1ccc(C(=O)N2CCC[C@H](c3ccc(C(=O)O)cc3)C2)o1. The van der Waals surface area contributed by atoms with Gasteiger partial charge in [0, 0.05) is 19.0 Å². The number of hydrogen-bond donors (Lipinski definition) is 1. The van der Waals surface area contributed by atoms with Crippen molar-refractivity contribution in [2.45, 2.75) is 24.5 Å². The first-order valence-corrected chi connectivity index (χ1v) is 9.68. The van der Waals surface area contributed by atoms with Crippen LogP contribution in [0.15, 0.2) is 40.8 Å². The smallest absolute Gasteiger partial charge is 0.335 e. The molecule has 1 aliphatic heterocycles. The number of hydrogen-bond acceptors (Lipinski definition) is 4. The highest BCUT2D eigenvalue weighted by atomic mass is 32.2. The van der Waals surface area contributed by atoms with Crippen LogP contribution in [0.1, 0.15) is 51.0 Å². The molecule has 0 bridgehead atoms. The standard InChI is InChI=1S/C19H21NO4S/c1-25-12-16-8-9-17(24-16)18(21)20-10-2-3-15(11-20)13-4-6-14(7-5-13)19(22)23/h4-9,15H,2-3,10-12H2,1H3,(H,22,23)/t15-/m0/s1. The van der Waals surface area contributed by atoms with Crippen LogP contribution in [0, 0.1) is 0 Å². The lowest BCUT2D eigenvalue weighted by Crippen LogP contribution is -2.39. The third kappa shape index (κ3) is 4.07. The van der Waals surface area contributed by atoms with Crippen molar-refractivity contribution < 1.29 is 19.1 Å². The number of carbonyl (C=O) groups excluding carboxylic acids is 1. The Labute approximate surface area is 151 Å². The van der Waals surface area contributed by atoms with Gasteiger partial charge < -0.3 is 14.4 Å². The van der Waals surface area contributed by atoms with Gasteiger partial charge in [0.15, 0.2) is 5.76 Å². The van der Waals surface area contributed by atoms with Gasteiger partial charge in [0.2, 0.25) is 0 Å². The molecule has 3 rings (SSSR count). The number of thioether (sulfide) groups is 1. The summed E-state index contributed by atoms with van der Waals surface area (Å²) in [6.07, 6.45) is 3.91. The van der Waals surface area contributed by atoms with Gasteiger partial charge in [-0.3, -0.25) is 4.79 Å². The number of benzene rings is 1. The van der Waals surface area contributed by atoms with Gasteiger partial charge in [0.1, 0.15) is 5.76 Å².